The average molecular weight is 661 g/mol. The lowest BCUT2D eigenvalue weighted by atomic mass is 9.99. The molecule has 0 aromatic heterocycles. The van der Waals surface area contributed by atoms with Crippen LogP contribution in [0.5, 0.6) is 5.75 Å². The number of benzene rings is 3. The zero-order chi connectivity index (χ0) is 27.8. The molecule has 0 saturated heterocycles. The first-order chi connectivity index (χ1) is 17.0. The van der Waals surface area contributed by atoms with Crippen LogP contribution in [0.25, 0.3) is 10.8 Å². The second-order valence-electron chi connectivity index (χ2n) is 7.64. The van der Waals surface area contributed by atoms with Gasteiger partial charge in [0.1, 0.15) is 11.5 Å². The van der Waals surface area contributed by atoms with Crippen LogP contribution < -0.4 is 10.1 Å². The number of carbonyl (C=O) groups excluding carboxylic acids is 2. The van der Waals surface area contributed by atoms with E-state index < -0.39 is 57.0 Å². The normalized spacial score (nSPS) is 12.9. The summed E-state index contributed by atoms with van der Waals surface area (Å²) in [6.45, 7) is 0. The Hall–Kier alpha value is -2.92. The molecule has 37 heavy (non-hydrogen) atoms. The average Bonchev–Trinajstić information content (AvgIpc) is 2.75. The van der Waals surface area contributed by atoms with E-state index in [1.807, 2.05) is 0 Å². The Balaban J connectivity index is 2.06. The summed E-state index contributed by atoms with van der Waals surface area (Å²) >= 11 is 1.70. The molecule has 7 nitrogen and oxygen atoms in total. The molecule has 15 heteroatoms. The van der Waals surface area contributed by atoms with Gasteiger partial charge in [-0.3, -0.25) is 9.35 Å². The minimum Gasteiger partial charge on any atom is -0.422 e. The zero-order valence-corrected chi connectivity index (χ0v) is 21.0. The first-order valence-corrected chi connectivity index (χ1v) is 12.5. The van der Waals surface area contributed by atoms with E-state index in [1.54, 1.807) is 52.9 Å². The second-order valence-corrected chi connectivity index (χ2v) is 10.3. The summed E-state index contributed by atoms with van der Waals surface area (Å²) in [4.78, 5) is 25.6. The van der Waals surface area contributed by atoms with Crippen molar-refractivity contribution in [1.29, 1.82) is 0 Å². The van der Waals surface area contributed by atoms with Gasteiger partial charge in [0.25, 0.3) is 16.0 Å². The predicted molar refractivity (Wildman–Crippen MR) is 127 cm³/mol. The molecule has 2 N–H and O–H groups in total. The SMILES string of the molecule is O=C(NC(CS(=O)(=O)O)(C(F)(F)F)C(F)(F)F)c1ccc(I)cc1OC(=O)c1cccc2ccccc12. The van der Waals surface area contributed by atoms with Crippen molar-refractivity contribution in [3.05, 3.63) is 75.4 Å². The van der Waals surface area contributed by atoms with E-state index in [1.165, 1.54) is 12.1 Å². The molecular weight excluding hydrogens is 647 g/mol. The maximum absolute atomic E-state index is 13.6. The van der Waals surface area contributed by atoms with Gasteiger partial charge in [-0.2, -0.15) is 34.8 Å². The maximum Gasteiger partial charge on any atom is 0.421 e. The van der Waals surface area contributed by atoms with Crippen LogP contribution in [0.3, 0.4) is 0 Å². The molecule has 0 aliphatic heterocycles. The standard InChI is InChI=1S/C22H14F6INO6S/c23-21(24,25)20(22(26,27)28,11-37(33,34)35)30-18(31)16-9-8-13(29)10-17(16)36-19(32)15-7-3-5-12-4-1-2-6-14(12)15/h1-10H,11H2,(H,30,31)(H,33,34,35). The summed E-state index contributed by atoms with van der Waals surface area (Å²) in [7, 11) is -5.91. The summed E-state index contributed by atoms with van der Waals surface area (Å²) < 4.78 is 118. The summed E-state index contributed by atoms with van der Waals surface area (Å²) in [5.41, 5.74) is -6.30. The lowest BCUT2D eigenvalue weighted by Crippen LogP contribution is -2.70. The number of halogens is 7. The van der Waals surface area contributed by atoms with Gasteiger partial charge in [0.2, 0.25) is 5.54 Å². The molecule has 198 valence electrons. The molecule has 0 radical (unpaired) electrons. The van der Waals surface area contributed by atoms with Crippen molar-refractivity contribution in [2.45, 2.75) is 17.9 Å². The van der Waals surface area contributed by atoms with Gasteiger partial charge in [0.15, 0.2) is 0 Å². The Labute approximate surface area is 218 Å². The van der Waals surface area contributed by atoms with Crippen molar-refractivity contribution in [1.82, 2.24) is 5.32 Å². The fourth-order valence-corrected chi connectivity index (χ4v) is 4.77. The van der Waals surface area contributed by atoms with E-state index >= 15 is 0 Å². The van der Waals surface area contributed by atoms with Gasteiger partial charge in [-0.15, -0.1) is 0 Å². The highest BCUT2D eigenvalue weighted by Gasteiger charge is 2.73. The minimum atomic E-state index is -6.40. The number of carbonyl (C=O) groups is 2. The van der Waals surface area contributed by atoms with Gasteiger partial charge in [-0.05, 0) is 57.6 Å². The number of esters is 1. The third-order valence-electron chi connectivity index (χ3n) is 5.09. The van der Waals surface area contributed by atoms with Gasteiger partial charge < -0.3 is 10.1 Å². The van der Waals surface area contributed by atoms with E-state index in [-0.39, 0.29) is 5.56 Å². The Morgan fingerprint density at radius 1 is 0.892 bits per heavy atom. The second kappa shape index (κ2) is 10.1. The van der Waals surface area contributed by atoms with Crippen LogP contribution >= 0.6 is 22.6 Å². The lowest BCUT2D eigenvalue weighted by molar-refractivity contribution is -0.296. The van der Waals surface area contributed by atoms with Gasteiger partial charge in [0, 0.05) is 3.57 Å². The van der Waals surface area contributed by atoms with Crippen LogP contribution in [-0.4, -0.2) is 48.5 Å². The fourth-order valence-electron chi connectivity index (χ4n) is 3.36. The number of rotatable bonds is 6. The first-order valence-electron chi connectivity index (χ1n) is 9.86. The van der Waals surface area contributed by atoms with E-state index in [0.29, 0.717) is 19.7 Å². The molecule has 3 aromatic rings. The third-order valence-corrected chi connectivity index (χ3v) is 6.56. The van der Waals surface area contributed by atoms with E-state index in [9.17, 15) is 44.3 Å². The highest BCUT2D eigenvalue weighted by atomic mass is 127. The van der Waals surface area contributed by atoms with Crippen LogP contribution in [0.2, 0.25) is 0 Å². The van der Waals surface area contributed by atoms with Crippen LogP contribution in [-0.2, 0) is 10.1 Å². The Bertz CT molecular complexity index is 1450. The van der Waals surface area contributed by atoms with Crippen LogP contribution in [0.4, 0.5) is 26.3 Å². The van der Waals surface area contributed by atoms with Crippen molar-refractivity contribution in [2.24, 2.45) is 0 Å². The highest BCUT2D eigenvalue weighted by molar-refractivity contribution is 14.1. The van der Waals surface area contributed by atoms with E-state index in [0.717, 1.165) is 18.2 Å². The number of hydrogen-bond donors (Lipinski definition) is 2. The highest BCUT2D eigenvalue weighted by Crippen LogP contribution is 2.44. The number of nitrogens with one attached hydrogen (secondary N) is 1. The molecule has 0 bridgehead atoms. The van der Waals surface area contributed by atoms with Crippen LogP contribution in [0.1, 0.15) is 20.7 Å². The molecule has 0 heterocycles. The smallest absolute Gasteiger partial charge is 0.421 e. The maximum atomic E-state index is 13.6. The molecule has 0 fully saturated rings. The van der Waals surface area contributed by atoms with Gasteiger partial charge in [-0.25, -0.2) is 4.79 Å². The molecule has 0 aliphatic rings. The van der Waals surface area contributed by atoms with Gasteiger partial charge in [-0.1, -0.05) is 36.4 Å². The summed E-state index contributed by atoms with van der Waals surface area (Å²) in [6.07, 6.45) is -12.8. The van der Waals surface area contributed by atoms with Gasteiger partial charge >= 0.3 is 18.3 Å². The van der Waals surface area contributed by atoms with E-state index in [4.69, 9.17) is 9.29 Å². The van der Waals surface area contributed by atoms with E-state index in [2.05, 4.69) is 0 Å². The topological polar surface area (TPSA) is 110 Å². The number of alkyl halides is 6. The predicted octanol–water partition coefficient (Wildman–Crippen LogP) is 5.14. The summed E-state index contributed by atoms with van der Waals surface area (Å²) in [6, 6.07) is 14.1. The molecular formula is C22H14F6INO6S. The Morgan fingerprint density at radius 3 is 2.08 bits per heavy atom. The lowest BCUT2D eigenvalue weighted by Gasteiger charge is -2.36. The molecule has 3 aromatic carbocycles. The van der Waals surface area contributed by atoms with Crippen molar-refractivity contribution < 1.29 is 53.6 Å². The Kier molecular flexibility index (Phi) is 7.81. The van der Waals surface area contributed by atoms with Crippen molar-refractivity contribution >= 4 is 55.4 Å². The van der Waals surface area contributed by atoms with Crippen molar-refractivity contribution in [3.8, 4) is 5.75 Å². The fraction of sp³-hybridized carbons (Fsp3) is 0.182. The van der Waals surface area contributed by atoms with Crippen LogP contribution in [0, 0.1) is 3.57 Å². The van der Waals surface area contributed by atoms with Crippen LogP contribution in [0.15, 0.2) is 60.7 Å². The summed E-state index contributed by atoms with van der Waals surface area (Å²) in [5.74, 6) is -6.75. The van der Waals surface area contributed by atoms with Crippen molar-refractivity contribution in [3.63, 3.8) is 0 Å². The first kappa shape index (κ1) is 28.6. The minimum absolute atomic E-state index is 0.00498. The summed E-state index contributed by atoms with van der Waals surface area (Å²) in [5, 5.41) is 1.72. The molecule has 0 saturated carbocycles. The zero-order valence-electron chi connectivity index (χ0n) is 18.0. The number of amides is 1. The molecule has 1 amide bonds. The largest absolute Gasteiger partial charge is 0.422 e. The number of hydrogen-bond acceptors (Lipinski definition) is 5. The monoisotopic (exact) mass is 661 g/mol. The number of fused-ring (bicyclic) bond motifs is 1. The molecule has 3 rings (SSSR count). The number of ether oxygens (including phenoxy) is 1. The quantitative estimate of drug-likeness (QED) is 0.125. The third kappa shape index (κ3) is 6.15. The molecule has 0 spiro atoms. The molecule has 0 aliphatic carbocycles. The molecule has 0 atom stereocenters. The molecule has 0 unspecified atom stereocenters. The van der Waals surface area contributed by atoms with Crippen molar-refractivity contribution in [2.75, 3.05) is 5.75 Å². The van der Waals surface area contributed by atoms with Gasteiger partial charge in [0.05, 0.1) is 11.1 Å². The Morgan fingerprint density at radius 2 is 1.49 bits per heavy atom.